The van der Waals surface area contributed by atoms with Gasteiger partial charge in [-0.3, -0.25) is 9.79 Å². The summed E-state index contributed by atoms with van der Waals surface area (Å²) in [5.41, 5.74) is 10.3. The number of carbonyl (C=O) groups is 1. The fourth-order valence-electron chi connectivity index (χ4n) is 1.01. The first-order valence-corrected chi connectivity index (χ1v) is 5.00. The van der Waals surface area contributed by atoms with Crippen LogP contribution in [0.4, 0.5) is 0 Å². The third-order valence-corrected chi connectivity index (χ3v) is 1.86. The molecule has 0 bridgehead atoms. The van der Waals surface area contributed by atoms with Crippen LogP contribution in [0.5, 0.6) is 0 Å². The Balaban J connectivity index is 3.80. The minimum absolute atomic E-state index is 0.0220. The maximum atomic E-state index is 10.7. The monoisotopic (exact) mass is 232 g/mol. The van der Waals surface area contributed by atoms with Crippen LogP contribution in [0.1, 0.15) is 12.8 Å². The first-order chi connectivity index (χ1) is 7.07. The average molecular weight is 232 g/mol. The van der Waals surface area contributed by atoms with Crippen LogP contribution >= 0.6 is 12.2 Å². The van der Waals surface area contributed by atoms with Gasteiger partial charge in [-0.2, -0.15) is 0 Å². The van der Waals surface area contributed by atoms with E-state index in [0.717, 1.165) is 0 Å². The second-order valence-corrected chi connectivity index (χ2v) is 3.25. The van der Waals surface area contributed by atoms with Crippen LogP contribution < -0.4 is 16.8 Å². The normalized spacial score (nSPS) is 11.7. The minimum Gasteiger partial charge on any atom is -0.480 e. The molecule has 0 saturated heterocycles. The molecule has 0 rings (SSSR count). The number of carboxylic acid groups (broad SMARTS) is 1. The molecule has 0 aliphatic rings. The van der Waals surface area contributed by atoms with Crippen molar-refractivity contribution in [2.45, 2.75) is 18.9 Å². The SMILES string of the molecule is NC(N)=NCCC[C@H](NCC=S)C(=O)O. The summed E-state index contributed by atoms with van der Waals surface area (Å²) >= 11 is 4.59. The molecule has 0 spiro atoms. The van der Waals surface area contributed by atoms with Crippen molar-refractivity contribution in [3.8, 4) is 0 Å². The smallest absolute Gasteiger partial charge is 0.320 e. The Bertz CT molecular complexity index is 241. The maximum Gasteiger partial charge on any atom is 0.320 e. The Morgan fingerprint density at radius 2 is 2.27 bits per heavy atom. The lowest BCUT2D eigenvalue weighted by molar-refractivity contribution is -0.139. The zero-order valence-electron chi connectivity index (χ0n) is 8.35. The van der Waals surface area contributed by atoms with Gasteiger partial charge >= 0.3 is 5.97 Å². The van der Waals surface area contributed by atoms with Gasteiger partial charge in [-0.1, -0.05) is 12.2 Å². The Hall–Kier alpha value is -1.21. The van der Waals surface area contributed by atoms with Gasteiger partial charge in [-0.05, 0) is 18.2 Å². The predicted octanol–water partition coefficient (Wildman–Crippen LogP) is -0.917. The van der Waals surface area contributed by atoms with E-state index in [-0.39, 0.29) is 5.96 Å². The van der Waals surface area contributed by atoms with Gasteiger partial charge in [0, 0.05) is 13.1 Å². The summed E-state index contributed by atoms with van der Waals surface area (Å²) < 4.78 is 0. The third-order valence-electron chi connectivity index (χ3n) is 1.69. The minimum atomic E-state index is -0.892. The van der Waals surface area contributed by atoms with Gasteiger partial charge in [0.05, 0.1) is 0 Å². The van der Waals surface area contributed by atoms with E-state index in [9.17, 15) is 4.79 Å². The van der Waals surface area contributed by atoms with Crippen LogP contribution in [0.25, 0.3) is 0 Å². The fourth-order valence-corrected chi connectivity index (χ4v) is 1.10. The van der Waals surface area contributed by atoms with Crippen molar-refractivity contribution in [2.75, 3.05) is 13.1 Å². The van der Waals surface area contributed by atoms with Crippen LogP contribution in [-0.4, -0.2) is 41.5 Å². The van der Waals surface area contributed by atoms with E-state index in [1.807, 2.05) is 0 Å². The molecule has 0 radical (unpaired) electrons. The van der Waals surface area contributed by atoms with Crippen LogP contribution in [-0.2, 0) is 4.79 Å². The van der Waals surface area contributed by atoms with Gasteiger partial charge < -0.3 is 21.9 Å². The molecule has 0 aromatic heterocycles. The number of rotatable bonds is 8. The van der Waals surface area contributed by atoms with Gasteiger partial charge in [0.2, 0.25) is 0 Å². The van der Waals surface area contributed by atoms with Gasteiger partial charge in [0.25, 0.3) is 0 Å². The summed E-state index contributed by atoms with van der Waals surface area (Å²) in [6.45, 7) is 0.833. The number of carboxylic acids is 1. The third kappa shape index (κ3) is 7.83. The Morgan fingerprint density at radius 1 is 1.60 bits per heavy atom. The number of nitrogens with one attached hydrogen (secondary N) is 1. The van der Waals surface area contributed by atoms with Gasteiger partial charge in [-0.25, -0.2) is 0 Å². The molecule has 0 aromatic carbocycles. The van der Waals surface area contributed by atoms with Gasteiger partial charge in [0.1, 0.15) is 6.04 Å². The lowest BCUT2D eigenvalue weighted by Gasteiger charge is -2.11. The number of aliphatic carboxylic acids is 1. The molecule has 0 saturated carbocycles. The van der Waals surface area contributed by atoms with E-state index < -0.39 is 12.0 Å². The molecule has 0 aromatic rings. The van der Waals surface area contributed by atoms with Crippen molar-refractivity contribution >= 4 is 29.5 Å². The fraction of sp³-hybridized carbons (Fsp3) is 0.625. The Labute approximate surface area is 93.7 Å². The number of nitrogens with zero attached hydrogens (tertiary/aromatic N) is 1. The zero-order valence-corrected chi connectivity index (χ0v) is 9.17. The first-order valence-electron chi connectivity index (χ1n) is 4.53. The highest BCUT2D eigenvalue weighted by Gasteiger charge is 2.14. The molecule has 1 atom stereocenters. The van der Waals surface area contributed by atoms with Crippen LogP contribution in [0.15, 0.2) is 4.99 Å². The standard InChI is InChI=1S/C8H16N4O2S/c9-8(10)12-3-1-2-6(7(13)14)11-4-5-15/h5-6,11H,1-4H2,(H,13,14)(H4,9,10,12)/t6-/m0/s1. The quantitative estimate of drug-likeness (QED) is 0.186. The number of guanidine groups is 1. The average Bonchev–Trinajstić information content (AvgIpc) is 2.15. The molecule has 0 unspecified atom stereocenters. The molecule has 6 nitrogen and oxygen atoms in total. The second-order valence-electron chi connectivity index (χ2n) is 2.91. The summed E-state index contributed by atoms with van der Waals surface area (Å²) in [4.78, 5) is 14.5. The number of thiocarbonyl (C=S) groups is 1. The van der Waals surface area contributed by atoms with Crippen LogP contribution in [0.2, 0.25) is 0 Å². The van der Waals surface area contributed by atoms with E-state index in [1.165, 1.54) is 5.37 Å². The second kappa shape index (κ2) is 8.13. The molecule has 0 aliphatic heterocycles. The first kappa shape index (κ1) is 13.8. The molecule has 86 valence electrons. The lowest BCUT2D eigenvalue weighted by Crippen LogP contribution is -2.37. The molecule has 0 aliphatic carbocycles. The van der Waals surface area contributed by atoms with Gasteiger partial charge in [-0.15, -0.1) is 0 Å². The molecule has 0 fully saturated rings. The van der Waals surface area contributed by atoms with Crippen molar-refractivity contribution in [1.82, 2.24) is 5.32 Å². The molecule has 0 heterocycles. The topological polar surface area (TPSA) is 114 Å². The number of nitrogens with two attached hydrogens (primary N) is 2. The lowest BCUT2D eigenvalue weighted by atomic mass is 10.1. The number of hydrogen-bond acceptors (Lipinski definition) is 4. The zero-order chi connectivity index (χ0) is 11.7. The molecule has 15 heavy (non-hydrogen) atoms. The van der Waals surface area contributed by atoms with E-state index in [1.54, 1.807) is 0 Å². The molecule has 6 N–H and O–H groups in total. The summed E-state index contributed by atoms with van der Waals surface area (Å²) in [7, 11) is 0. The maximum absolute atomic E-state index is 10.7. The highest BCUT2D eigenvalue weighted by molar-refractivity contribution is 7.79. The van der Waals surface area contributed by atoms with Crippen LogP contribution in [0.3, 0.4) is 0 Å². The highest BCUT2D eigenvalue weighted by atomic mass is 32.1. The summed E-state index contributed by atoms with van der Waals surface area (Å²) in [6.07, 6.45) is 1.08. The molecule has 7 heteroatoms. The van der Waals surface area contributed by atoms with E-state index >= 15 is 0 Å². The Morgan fingerprint density at radius 3 is 2.73 bits per heavy atom. The van der Waals surface area contributed by atoms with Gasteiger partial charge in [0.15, 0.2) is 5.96 Å². The largest absolute Gasteiger partial charge is 0.480 e. The van der Waals surface area contributed by atoms with E-state index in [2.05, 4.69) is 22.5 Å². The highest BCUT2D eigenvalue weighted by Crippen LogP contribution is 1.97. The molecular weight excluding hydrogens is 216 g/mol. The van der Waals surface area contributed by atoms with Crippen molar-refractivity contribution in [2.24, 2.45) is 16.5 Å². The molecule has 0 amide bonds. The van der Waals surface area contributed by atoms with E-state index in [0.29, 0.717) is 25.9 Å². The Kier molecular flexibility index (Phi) is 7.47. The van der Waals surface area contributed by atoms with Crippen molar-refractivity contribution < 1.29 is 9.90 Å². The van der Waals surface area contributed by atoms with Crippen molar-refractivity contribution in [3.63, 3.8) is 0 Å². The predicted molar refractivity (Wildman–Crippen MR) is 63.0 cm³/mol. The van der Waals surface area contributed by atoms with Crippen molar-refractivity contribution in [1.29, 1.82) is 0 Å². The van der Waals surface area contributed by atoms with E-state index in [4.69, 9.17) is 16.6 Å². The summed E-state index contributed by atoms with van der Waals surface area (Å²) in [5.74, 6) is -0.870. The molecular formula is C8H16N4O2S. The van der Waals surface area contributed by atoms with Crippen LogP contribution in [0, 0.1) is 0 Å². The number of aliphatic imine (C=N–C) groups is 1. The number of hydrogen-bond donors (Lipinski definition) is 4. The van der Waals surface area contributed by atoms with Crippen molar-refractivity contribution in [3.05, 3.63) is 0 Å². The summed E-state index contributed by atoms with van der Waals surface area (Å²) in [6, 6.07) is -0.599. The summed E-state index contributed by atoms with van der Waals surface area (Å²) in [5, 5.41) is 13.0.